The highest BCUT2D eigenvalue weighted by molar-refractivity contribution is 5.71. The largest absolute Gasteiger partial charge is 0.462 e. The second-order valence-electron chi connectivity index (χ2n) is 18.5. The first-order chi connectivity index (χ1) is 33.3. The van der Waals surface area contributed by atoms with E-state index in [4.69, 9.17) is 18.9 Å². The van der Waals surface area contributed by atoms with E-state index in [1.165, 1.54) is 70.6 Å². The lowest BCUT2D eigenvalue weighted by molar-refractivity contribution is -0.167. The van der Waals surface area contributed by atoms with Gasteiger partial charge in [0.25, 0.3) is 0 Å². The molecule has 1 N–H and O–H groups in total. The summed E-state index contributed by atoms with van der Waals surface area (Å²) in [5, 5.41) is 2.87. The number of allylic oxidation sites excluding steroid dienone is 8. The summed E-state index contributed by atoms with van der Waals surface area (Å²) in [5.74, 6) is -1.22. The Balaban J connectivity index is 5.03. The predicted octanol–water partition coefficient (Wildman–Crippen LogP) is 15.6. The molecule has 0 saturated heterocycles. The number of carbonyl (C=O) groups is 4. The van der Waals surface area contributed by atoms with Crippen molar-refractivity contribution < 1.29 is 38.1 Å². The second kappa shape index (κ2) is 51.5. The van der Waals surface area contributed by atoms with E-state index >= 15 is 0 Å². The lowest BCUT2D eigenvalue weighted by atomic mass is 10.0. The minimum atomic E-state index is -0.925. The van der Waals surface area contributed by atoms with E-state index < -0.39 is 24.3 Å². The van der Waals surface area contributed by atoms with Crippen molar-refractivity contribution in [2.75, 3.05) is 39.4 Å². The molecule has 1 atom stereocenters. The minimum absolute atomic E-state index is 0.0174. The van der Waals surface area contributed by atoms with Crippen LogP contribution in [0.1, 0.15) is 247 Å². The van der Waals surface area contributed by atoms with Gasteiger partial charge in [-0.3, -0.25) is 14.4 Å². The summed E-state index contributed by atoms with van der Waals surface area (Å²) < 4.78 is 22.8. The van der Waals surface area contributed by atoms with Gasteiger partial charge >= 0.3 is 24.0 Å². The van der Waals surface area contributed by atoms with Crippen molar-refractivity contribution in [2.24, 2.45) is 0 Å². The van der Waals surface area contributed by atoms with Crippen LogP contribution in [0.15, 0.2) is 48.6 Å². The van der Waals surface area contributed by atoms with Gasteiger partial charge < -0.3 is 29.2 Å². The van der Waals surface area contributed by atoms with Gasteiger partial charge in [0, 0.05) is 32.4 Å². The first kappa shape index (κ1) is 64.6. The third kappa shape index (κ3) is 46.3. The Kier molecular flexibility index (Phi) is 48.9. The number of unbranched alkanes of at least 4 members (excludes halogenated alkanes) is 21. The molecule has 0 aliphatic carbocycles. The lowest BCUT2D eigenvalue weighted by Gasteiger charge is -2.21. The third-order valence-electron chi connectivity index (χ3n) is 12.2. The number of amides is 1. The van der Waals surface area contributed by atoms with Crippen LogP contribution in [0.25, 0.3) is 0 Å². The molecule has 394 valence electrons. The Morgan fingerprint density at radius 3 is 1.31 bits per heavy atom. The minimum Gasteiger partial charge on any atom is -0.462 e. The number of likely N-dealkylation sites (N-methyl/N-ethyl adjacent to an activating group) is 1. The number of carbonyl (C=O) groups excluding carboxylic acids is 4. The number of nitrogens with one attached hydrogen (secondary N) is 1. The fourth-order valence-electron chi connectivity index (χ4n) is 7.78. The molecule has 0 aromatic heterocycles. The molecule has 0 spiro atoms. The maximum Gasteiger partial charge on any atom is 0.407 e. The van der Waals surface area contributed by atoms with Crippen LogP contribution in [-0.2, 0) is 33.3 Å². The molecule has 0 fully saturated rings. The zero-order valence-electron chi connectivity index (χ0n) is 44.6. The molecule has 0 saturated carbocycles. The molecule has 0 aromatic rings. The van der Waals surface area contributed by atoms with E-state index in [-0.39, 0.29) is 44.4 Å². The molecule has 0 aliphatic rings. The molecule has 1 amide bonds. The second-order valence-corrected chi connectivity index (χ2v) is 18.5. The van der Waals surface area contributed by atoms with Gasteiger partial charge in [0.05, 0.1) is 0 Å². The topological polar surface area (TPSA) is 120 Å². The SMILES string of the molecule is CCCCC/C=C\C/C=C\CCCCCCCC(=O)OCC(COC(=O)CCCCCCC/C=C\C/C=C\CCCCC)OC(=O)CCC(CCCCCCCC)OC(=O)NCCN(CC)CC. The molecule has 0 aliphatic heterocycles. The number of rotatable bonds is 49. The molecule has 1 unspecified atom stereocenters. The Hall–Kier alpha value is -3.40. The van der Waals surface area contributed by atoms with Crippen LogP contribution in [-0.4, -0.2) is 80.5 Å². The summed E-state index contributed by atoms with van der Waals surface area (Å²) in [6, 6.07) is 0. The maximum atomic E-state index is 13.3. The van der Waals surface area contributed by atoms with E-state index in [9.17, 15) is 19.2 Å². The normalized spacial score (nSPS) is 12.3. The first-order valence-corrected chi connectivity index (χ1v) is 28.1. The van der Waals surface area contributed by atoms with E-state index in [1.807, 2.05) is 0 Å². The number of hydrogen-bond acceptors (Lipinski definition) is 9. The molecule has 10 heteroatoms. The Morgan fingerprint density at radius 1 is 0.426 bits per heavy atom. The molecule has 0 bridgehead atoms. The maximum absolute atomic E-state index is 13.3. The number of esters is 3. The van der Waals surface area contributed by atoms with Gasteiger partial charge in [-0.25, -0.2) is 4.79 Å². The van der Waals surface area contributed by atoms with Gasteiger partial charge in [0.2, 0.25) is 0 Å². The first-order valence-electron chi connectivity index (χ1n) is 28.1. The predicted molar refractivity (Wildman–Crippen MR) is 284 cm³/mol. The van der Waals surface area contributed by atoms with Crippen molar-refractivity contribution in [3.8, 4) is 0 Å². The average Bonchev–Trinajstić information content (AvgIpc) is 3.33. The van der Waals surface area contributed by atoms with Crippen molar-refractivity contribution in [2.45, 2.75) is 259 Å². The number of ether oxygens (including phenoxy) is 4. The fourth-order valence-corrected chi connectivity index (χ4v) is 7.78. The van der Waals surface area contributed by atoms with E-state index in [1.54, 1.807) is 0 Å². The van der Waals surface area contributed by atoms with Crippen molar-refractivity contribution in [3.05, 3.63) is 48.6 Å². The zero-order valence-corrected chi connectivity index (χ0v) is 44.6. The molecule has 0 aromatic carbocycles. The smallest absolute Gasteiger partial charge is 0.407 e. The van der Waals surface area contributed by atoms with Gasteiger partial charge in [0.1, 0.15) is 19.3 Å². The van der Waals surface area contributed by atoms with E-state index in [0.29, 0.717) is 19.4 Å². The van der Waals surface area contributed by atoms with Crippen molar-refractivity contribution in [3.63, 3.8) is 0 Å². The molecule has 0 rings (SSSR count). The van der Waals surface area contributed by atoms with E-state index in [0.717, 1.165) is 129 Å². The van der Waals surface area contributed by atoms with Crippen LogP contribution in [0, 0.1) is 0 Å². The Labute approximate surface area is 417 Å². The quantitative estimate of drug-likeness (QED) is 0.0275. The van der Waals surface area contributed by atoms with E-state index in [2.05, 4.69) is 93.4 Å². The molecule has 68 heavy (non-hydrogen) atoms. The Bertz CT molecular complexity index is 1230. The summed E-state index contributed by atoms with van der Waals surface area (Å²) in [4.78, 5) is 53.8. The van der Waals surface area contributed by atoms with Gasteiger partial charge in [-0.15, -0.1) is 0 Å². The molecule has 10 nitrogen and oxygen atoms in total. The van der Waals surface area contributed by atoms with Crippen LogP contribution < -0.4 is 5.32 Å². The molecule has 0 heterocycles. The van der Waals surface area contributed by atoms with Crippen LogP contribution >= 0.6 is 0 Å². The number of hydrogen-bond donors (Lipinski definition) is 1. The van der Waals surface area contributed by atoms with Crippen LogP contribution in [0.3, 0.4) is 0 Å². The number of nitrogens with zero attached hydrogens (tertiary/aromatic N) is 1. The van der Waals surface area contributed by atoms with Crippen molar-refractivity contribution in [1.29, 1.82) is 0 Å². The fraction of sp³-hybridized carbons (Fsp3) is 0.793. The third-order valence-corrected chi connectivity index (χ3v) is 12.2. The molecular weight excluding hydrogens is 853 g/mol. The summed E-state index contributed by atoms with van der Waals surface area (Å²) in [6.07, 6.45) is 48.6. The van der Waals surface area contributed by atoms with Gasteiger partial charge in [0.15, 0.2) is 6.10 Å². The van der Waals surface area contributed by atoms with Crippen LogP contribution in [0.2, 0.25) is 0 Å². The monoisotopic (exact) mass is 957 g/mol. The standard InChI is InChI=1S/C58H104N2O8/c1-6-11-14-17-20-22-24-26-28-30-32-34-36-39-42-45-55(61)65-51-54(52-66-56(62)46-43-40-37-35-33-31-29-27-25-23-21-18-15-12-7-2)67-57(63)48-47-53(44-41-38-19-16-13-8-3)68-58(64)59-49-50-60(9-4)10-5/h20-23,26-29,53-54H,6-19,24-25,30-52H2,1-5H3,(H,59,64)/b22-20-,23-21-,28-26-,29-27-. The van der Waals surface area contributed by atoms with Crippen LogP contribution in [0.5, 0.6) is 0 Å². The number of alkyl carbamates (subject to hydrolysis) is 1. The summed E-state index contributed by atoms with van der Waals surface area (Å²) >= 11 is 0. The Morgan fingerprint density at radius 2 is 0.838 bits per heavy atom. The summed E-state index contributed by atoms with van der Waals surface area (Å²) in [6.45, 7) is 13.5. The van der Waals surface area contributed by atoms with Gasteiger partial charge in [-0.05, 0) is 109 Å². The summed E-state index contributed by atoms with van der Waals surface area (Å²) in [7, 11) is 0. The van der Waals surface area contributed by atoms with Crippen molar-refractivity contribution >= 4 is 24.0 Å². The van der Waals surface area contributed by atoms with Gasteiger partial charge in [-0.2, -0.15) is 0 Å². The molecule has 0 radical (unpaired) electrons. The van der Waals surface area contributed by atoms with Gasteiger partial charge in [-0.1, -0.05) is 180 Å². The lowest BCUT2D eigenvalue weighted by Crippen LogP contribution is -2.36. The van der Waals surface area contributed by atoms with Crippen LogP contribution in [0.4, 0.5) is 4.79 Å². The highest BCUT2D eigenvalue weighted by atomic mass is 16.6. The highest BCUT2D eigenvalue weighted by Gasteiger charge is 2.22. The molecular formula is C58H104N2O8. The highest BCUT2D eigenvalue weighted by Crippen LogP contribution is 2.17. The van der Waals surface area contributed by atoms with Crippen molar-refractivity contribution in [1.82, 2.24) is 10.2 Å². The average molecular weight is 957 g/mol. The zero-order chi connectivity index (χ0) is 49.8. The summed E-state index contributed by atoms with van der Waals surface area (Å²) in [5.41, 5.74) is 0.